The molecule has 0 aliphatic heterocycles. The van der Waals surface area contributed by atoms with Crippen LogP contribution in [0.25, 0.3) is 10.8 Å². The van der Waals surface area contributed by atoms with Crippen LogP contribution in [0.1, 0.15) is 13.8 Å². The van der Waals surface area contributed by atoms with Crippen LogP contribution in [0.3, 0.4) is 0 Å². The minimum Gasteiger partial charge on any atom is -0.395 e. The average molecular weight is 313 g/mol. The maximum atomic E-state index is 14.2. The molecule has 0 saturated heterocycles. The fourth-order valence-corrected chi connectivity index (χ4v) is 2.28. The number of pyridine rings is 1. The summed E-state index contributed by atoms with van der Waals surface area (Å²) in [7, 11) is 1.63. The van der Waals surface area contributed by atoms with E-state index in [-0.39, 0.29) is 35.8 Å². The van der Waals surface area contributed by atoms with Crippen molar-refractivity contribution in [2.75, 3.05) is 30.4 Å². The molecule has 22 heavy (non-hydrogen) atoms. The Morgan fingerprint density at radius 2 is 1.95 bits per heavy atom. The SMILES string of the molecule is CC(C)Nc1cnc(N(C)CCO)c2cc(F)c(F)c(F)c12. The first-order valence-corrected chi connectivity index (χ1v) is 6.91. The van der Waals surface area contributed by atoms with E-state index in [1.807, 2.05) is 13.8 Å². The first-order valence-electron chi connectivity index (χ1n) is 6.91. The number of hydrogen-bond acceptors (Lipinski definition) is 4. The lowest BCUT2D eigenvalue weighted by atomic mass is 10.1. The molecule has 2 N–H and O–H groups in total. The molecular weight excluding hydrogens is 295 g/mol. The highest BCUT2D eigenvalue weighted by Gasteiger charge is 2.21. The van der Waals surface area contributed by atoms with Gasteiger partial charge in [-0.15, -0.1) is 0 Å². The van der Waals surface area contributed by atoms with Gasteiger partial charge in [0.05, 0.1) is 18.5 Å². The maximum absolute atomic E-state index is 14.2. The molecule has 0 radical (unpaired) electrons. The summed E-state index contributed by atoms with van der Waals surface area (Å²) in [5, 5.41) is 12.1. The van der Waals surface area contributed by atoms with Gasteiger partial charge in [-0.05, 0) is 19.9 Å². The Morgan fingerprint density at radius 3 is 2.55 bits per heavy atom. The van der Waals surface area contributed by atoms with E-state index in [0.717, 1.165) is 6.07 Å². The Bertz CT molecular complexity index is 692. The minimum absolute atomic E-state index is 0.0291. The molecule has 120 valence electrons. The molecule has 7 heteroatoms. The van der Waals surface area contributed by atoms with E-state index >= 15 is 0 Å². The summed E-state index contributed by atoms with van der Waals surface area (Å²) >= 11 is 0. The number of nitrogens with zero attached hydrogens (tertiary/aromatic N) is 2. The Balaban J connectivity index is 2.76. The van der Waals surface area contributed by atoms with Gasteiger partial charge in [-0.25, -0.2) is 18.2 Å². The number of likely N-dealkylation sites (N-methyl/N-ethyl adjacent to an activating group) is 1. The lowest BCUT2D eigenvalue weighted by Gasteiger charge is -2.21. The van der Waals surface area contributed by atoms with E-state index in [4.69, 9.17) is 5.11 Å². The average Bonchev–Trinajstić information content (AvgIpc) is 2.44. The molecule has 0 bridgehead atoms. The minimum atomic E-state index is -1.51. The molecular formula is C15H18F3N3O. The summed E-state index contributed by atoms with van der Waals surface area (Å²) in [6, 6.07) is 0.897. The van der Waals surface area contributed by atoms with E-state index < -0.39 is 17.5 Å². The van der Waals surface area contributed by atoms with Crippen LogP contribution in [0.4, 0.5) is 24.7 Å². The third kappa shape index (κ3) is 2.94. The van der Waals surface area contributed by atoms with Crippen molar-refractivity contribution in [3.63, 3.8) is 0 Å². The molecule has 0 fully saturated rings. The van der Waals surface area contributed by atoms with E-state index in [2.05, 4.69) is 10.3 Å². The molecule has 1 aromatic heterocycles. The predicted octanol–water partition coefficient (Wildman–Crippen LogP) is 2.90. The molecule has 0 spiro atoms. The molecule has 4 nitrogen and oxygen atoms in total. The lowest BCUT2D eigenvalue weighted by Crippen LogP contribution is -2.23. The van der Waals surface area contributed by atoms with Crippen LogP contribution in [0, 0.1) is 17.5 Å². The first-order chi connectivity index (χ1) is 10.4. The molecule has 0 unspecified atom stereocenters. The molecule has 0 aliphatic carbocycles. The van der Waals surface area contributed by atoms with Crippen LogP contribution in [0.2, 0.25) is 0 Å². The molecule has 1 heterocycles. The zero-order valence-electron chi connectivity index (χ0n) is 12.6. The van der Waals surface area contributed by atoms with Gasteiger partial charge in [-0.2, -0.15) is 0 Å². The number of fused-ring (bicyclic) bond motifs is 1. The zero-order chi connectivity index (χ0) is 16.4. The fraction of sp³-hybridized carbons (Fsp3) is 0.400. The van der Waals surface area contributed by atoms with Crippen molar-refractivity contribution in [3.05, 3.63) is 29.7 Å². The summed E-state index contributed by atoms with van der Waals surface area (Å²) < 4.78 is 41.5. The van der Waals surface area contributed by atoms with Gasteiger partial charge in [0.15, 0.2) is 17.5 Å². The van der Waals surface area contributed by atoms with Gasteiger partial charge in [0.25, 0.3) is 0 Å². The molecule has 2 aromatic rings. The van der Waals surface area contributed by atoms with Crippen molar-refractivity contribution in [2.45, 2.75) is 19.9 Å². The number of aromatic nitrogens is 1. The smallest absolute Gasteiger partial charge is 0.195 e. The molecule has 0 amide bonds. The van der Waals surface area contributed by atoms with Gasteiger partial charge in [-0.1, -0.05) is 0 Å². The Morgan fingerprint density at radius 1 is 1.27 bits per heavy atom. The van der Waals surface area contributed by atoms with E-state index in [1.165, 1.54) is 6.20 Å². The number of anilines is 2. The third-order valence-corrected chi connectivity index (χ3v) is 3.23. The van der Waals surface area contributed by atoms with Gasteiger partial charge in [0.1, 0.15) is 5.82 Å². The summed E-state index contributed by atoms with van der Waals surface area (Å²) in [6.07, 6.45) is 1.38. The highest BCUT2D eigenvalue weighted by molar-refractivity contribution is 6.00. The zero-order valence-corrected chi connectivity index (χ0v) is 12.6. The topological polar surface area (TPSA) is 48.4 Å². The van der Waals surface area contributed by atoms with Crippen LogP contribution in [0.15, 0.2) is 12.3 Å². The number of halogens is 3. The van der Waals surface area contributed by atoms with Crippen LogP contribution in [0.5, 0.6) is 0 Å². The lowest BCUT2D eigenvalue weighted by molar-refractivity contribution is 0.304. The summed E-state index contributed by atoms with van der Waals surface area (Å²) in [6.45, 7) is 3.78. The molecule has 0 saturated carbocycles. The summed E-state index contributed by atoms with van der Waals surface area (Å²) in [5.41, 5.74) is 0.294. The van der Waals surface area contributed by atoms with Crippen molar-refractivity contribution in [3.8, 4) is 0 Å². The van der Waals surface area contributed by atoms with Crippen molar-refractivity contribution < 1.29 is 18.3 Å². The quantitative estimate of drug-likeness (QED) is 0.833. The van der Waals surface area contributed by atoms with Crippen LogP contribution < -0.4 is 10.2 Å². The monoisotopic (exact) mass is 313 g/mol. The normalized spacial score (nSPS) is 11.3. The number of aliphatic hydroxyl groups excluding tert-OH is 1. The summed E-state index contributed by atoms with van der Waals surface area (Å²) in [4.78, 5) is 5.74. The van der Waals surface area contributed by atoms with Crippen LogP contribution in [-0.4, -0.2) is 36.3 Å². The number of nitrogens with one attached hydrogen (secondary N) is 1. The number of aliphatic hydroxyl groups is 1. The second-order valence-corrected chi connectivity index (χ2v) is 5.35. The van der Waals surface area contributed by atoms with Gasteiger partial charge in [-0.3, -0.25) is 0 Å². The third-order valence-electron chi connectivity index (χ3n) is 3.23. The highest BCUT2D eigenvalue weighted by Crippen LogP contribution is 2.34. The van der Waals surface area contributed by atoms with E-state index in [1.54, 1.807) is 11.9 Å². The van der Waals surface area contributed by atoms with Crippen molar-refractivity contribution >= 4 is 22.3 Å². The predicted molar refractivity (Wildman–Crippen MR) is 80.7 cm³/mol. The van der Waals surface area contributed by atoms with Crippen molar-refractivity contribution in [1.29, 1.82) is 0 Å². The fourth-order valence-electron chi connectivity index (χ4n) is 2.28. The number of rotatable bonds is 5. The molecule has 2 rings (SSSR count). The highest BCUT2D eigenvalue weighted by atomic mass is 19.2. The molecule has 0 aliphatic rings. The van der Waals surface area contributed by atoms with Crippen LogP contribution in [-0.2, 0) is 0 Å². The van der Waals surface area contributed by atoms with Gasteiger partial charge < -0.3 is 15.3 Å². The van der Waals surface area contributed by atoms with Gasteiger partial charge >= 0.3 is 0 Å². The second-order valence-electron chi connectivity index (χ2n) is 5.35. The number of hydrogen-bond donors (Lipinski definition) is 2. The number of benzene rings is 1. The van der Waals surface area contributed by atoms with Crippen LogP contribution >= 0.6 is 0 Å². The maximum Gasteiger partial charge on any atom is 0.195 e. The molecule has 1 aromatic carbocycles. The summed E-state index contributed by atoms with van der Waals surface area (Å²) in [5.74, 6) is -3.76. The largest absolute Gasteiger partial charge is 0.395 e. The van der Waals surface area contributed by atoms with Crippen molar-refractivity contribution in [1.82, 2.24) is 4.98 Å². The Labute approximate surface area is 126 Å². The Hall–Kier alpha value is -2.02. The van der Waals surface area contributed by atoms with E-state index in [9.17, 15) is 13.2 Å². The van der Waals surface area contributed by atoms with E-state index in [0.29, 0.717) is 5.69 Å². The standard InChI is InChI=1S/C15H18F3N3O/c1-8(2)20-11-7-19-15(21(3)4-5-22)9-6-10(16)13(17)14(18)12(9)11/h6-8,20,22H,4-5H2,1-3H3. The second kappa shape index (κ2) is 6.39. The molecule has 0 atom stereocenters. The van der Waals surface area contributed by atoms with Gasteiger partial charge in [0.2, 0.25) is 0 Å². The van der Waals surface area contributed by atoms with Crippen molar-refractivity contribution in [2.24, 2.45) is 0 Å². The van der Waals surface area contributed by atoms with Gasteiger partial charge in [0, 0.05) is 30.4 Å². The first kappa shape index (κ1) is 16.4. The Kier molecular flexibility index (Phi) is 4.75.